The van der Waals surface area contributed by atoms with E-state index in [1.165, 1.54) is 18.0 Å². The van der Waals surface area contributed by atoms with Crippen molar-refractivity contribution in [3.8, 4) is 0 Å². The summed E-state index contributed by atoms with van der Waals surface area (Å²) in [5.74, 6) is 1.36. The first kappa shape index (κ1) is 22.5. The number of thiazole rings is 1. The highest BCUT2D eigenvalue weighted by atomic mass is 32.2. The predicted molar refractivity (Wildman–Crippen MR) is 126 cm³/mol. The first-order valence-corrected chi connectivity index (χ1v) is 11.5. The van der Waals surface area contributed by atoms with Gasteiger partial charge in [0.05, 0.1) is 11.2 Å². The number of hydrogen-bond acceptors (Lipinski definition) is 7. The van der Waals surface area contributed by atoms with Crippen molar-refractivity contribution in [2.45, 2.75) is 51.2 Å². The summed E-state index contributed by atoms with van der Waals surface area (Å²) in [5.41, 5.74) is 4.36. The molecule has 0 radical (unpaired) electrons. The van der Waals surface area contributed by atoms with Crippen LogP contribution < -0.4 is 10.0 Å². The Morgan fingerprint density at radius 1 is 1.17 bits per heavy atom. The number of anilines is 2. The van der Waals surface area contributed by atoms with Crippen molar-refractivity contribution in [3.63, 3.8) is 0 Å². The molecule has 0 bridgehead atoms. The van der Waals surface area contributed by atoms with Crippen molar-refractivity contribution in [2.24, 2.45) is 0 Å². The molecule has 2 heterocycles. The van der Waals surface area contributed by atoms with Crippen LogP contribution in [0.15, 0.2) is 46.1 Å². The van der Waals surface area contributed by atoms with Gasteiger partial charge in [0.15, 0.2) is 0 Å². The summed E-state index contributed by atoms with van der Waals surface area (Å²) >= 11 is 3.03. The van der Waals surface area contributed by atoms with E-state index < -0.39 is 0 Å². The lowest BCUT2D eigenvalue weighted by Crippen LogP contribution is -2.37. The summed E-state index contributed by atoms with van der Waals surface area (Å²) in [7, 11) is 2.06. The zero-order valence-electron chi connectivity index (χ0n) is 18.0. The SMILES string of the molecule is Cc1nc(NCc2c(F)cccc2CN(C)C(C)(C)C)ccc1SNc1cscn1. The van der Waals surface area contributed by atoms with Gasteiger partial charge in [0, 0.05) is 34.5 Å². The largest absolute Gasteiger partial charge is 0.366 e. The molecule has 3 rings (SSSR count). The van der Waals surface area contributed by atoms with Crippen LogP contribution in [0.2, 0.25) is 0 Å². The summed E-state index contributed by atoms with van der Waals surface area (Å²) in [6, 6.07) is 9.20. The molecule has 0 aliphatic rings. The van der Waals surface area contributed by atoms with Crippen LogP contribution in [0.5, 0.6) is 0 Å². The maximum absolute atomic E-state index is 14.6. The van der Waals surface area contributed by atoms with E-state index >= 15 is 0 Å². The van der Waals surface area contributed by atoms with Crippen molar-refractivity contribution < 1.29 is 4.39 Å². The molecule has 0 aliphatic carbocycles. The number of halogens is 1. The minimum atomic E-state index is -0.196. The topological polar surface area (TPSA) is 53.1 Å². The number of nitrogens with one attached hydrogen (secondary N) is 2. The van der Waals surface area contributed by atoms with E-state index in [1.807, 2.05) is 30.5 Å². The molecule has 3 aromatic rings. The van der Waals surface area contributed by atoms with E-state index in [0.29, 0.717) is 18.7 Å². The van der Waals surface area contributed by atoms with Gasteiger partial charge in [0.1, 0.15) is 17.5 Å². The molecule has 0 spiro atoms. The first-order chi connectivity index (χ1) is 14.2. The summed E-state index contributed by atoms with van der Waals surface area (Å²) in [6.07, 6.45) is 0. The summed E-state index contributed by atoms with van der Waals surface area (Å²) < 4.78 is 17.8. The zero-order chi connectivity index (χ0) is 21.7. The number of nitrogens with zero attached hydrogens (tertiary/aromatic N) is 3. The Hall–Kier alpha value is -2.16. The normalized spacial score (nSPS) is 11.7. The van der Waals surface area contributed by atoms with Crippen molar-refractivity contribution in [1.29, 1.82) is 0 Å². The lowest BCUT2D eigenvalue weighted by atomic mass is 10.0. The lowest BCUT2D eigenvalue weighted by Gasteiger charge is -2.32. The third-order valence-corrected chi connectivity index (χ3v) is 6.50. The van der Waals surface area contributed by atoms with E-state index in [2.05, 4.69) is 52.7 Å². The molecule has 0 aliphatic heterocycles. The second kappa shape index (κ2) is 9.76. The third-order valence-electron chi connectivity index (χ3n) is 4.95. The second-order valence-corrected chi connectivity index (χ2v) is 9.68. The molecule has 0 saturated heterocycles. The molecule has 0 amide bonds. The van der Waals surface area contributed by atoms with Crippen molar-refractivity contribution >= 4 is 34.9 Å². The number of aryl methyl sites for hydroxylation is 1. The monoisotopic (exact) mass is 445 g/mol. The van der Waals surface area contributed by atoms with Gasteiger partial charge in [-0.25, -0.2) is 14.4 Å². The standard InChI is InChI=1S/C22H28FN5S2/c1-15-19(30-27-21-13-29-14-25-21)9-10-20(26-15)24-11-17-16(7-6-8-18(17)23)12-28(5)22(2,3)4/h6-10,13-14,27H,11-12H2,1-5H3,(H,24,26). The first-order valence-electron chi connectivity index (χ1n) is 9.74. The maximum Gasteiger partial charge on any atom is 0.147 e. The average molecular weight is 446 g/mol. The van der Waals surface area contributed by atoms with Crippen molar-refractivity contribution in [2.75, 3.05) is 17.1 Å². The molecule has 8 heteroatoms. The number of rotatable bonds is 8. The van der Waals surface area contributed by atoms with Crippen LogP contribution in [-0.2, 0) is 13.1 Å². The van der Waals surface area contributed by atoms with Gasteiger partial charge in [-0.2, -0.15) is 0 Å². The molecular weight excluding hydrogens is 417 g/mol. The summed E-state index contributed by atoms with van der Waals surface area (Å²) in [5, 5.41) is 5.24. The van der Waals surface area contributed by atoms with Crippen LogP contribution in [0.25, 0.3) is 0 Å². The van der Waals surface area contributed by atoms with Gasteiger partial charge in [-0.05, 0) is 70.5 Å². The Balaban J connectivity index is 1.67. The van der Waals surface area contributed by atoms with Gasteiger partial charge in [-0.1, -0.05) is 12.1 Å². The summed E-state index contributed by atoms with van der Waals surface area (Å²) in [4.78, 5) is 12.1. The Labute approximate surface area is 186 Å². The third kappa shape index (κ3) is 5.93. The highest BCUT2D eigenvalue weighted by Gasteiger charge is 2.19. The Kier molecular flexibility index (Phi) is 7.33. The molecule has 0 saturated carbocycles. The van der Waals surface area contributed by atoms with Crippen LogP contribution in [-0.4, -0.2) is 27.5 Å². The minimum Gasteiger partial charge on any atom is -0.366 e. The van der Waals surface area contributed by atoms with Crippen molar-refractivity contribution in [3.05, 3.63) is 63.9 Å². The summed E-state index contributed by atoms with van der Waals surface area (Å²) in [6.45, 7) is 9.49. The van der Waals surface area contributed by atoms with Gasteiger partial charge in [-0.15, -0.1) is 11.3 Å². The molecule has 0 fully saturated rings. The molecule has 30 heavy (non-hydrogen) atoms. The average Bonchev–Trinajstić information content (AvgIpc) is 3.19. The number of aromatic nitrogens is 2. The van der Waals surface area contributed by atoms with Crippen LogP contribution in [0.3, 0.4) is 0 Å². The molecule has 1 aromatic carbocycles. The Bertz CT molecular complexity index is 970. The predicted octanol–water partition coefficient (Wildman–Crippen LogP) is 5.95. The van der Waals surface area contributed by atoms with E-state index in [4.69, 9.17) is 0 Å². The number of hydrogen-bond donors (Lipinski definition) is 2. The maximum atomic E-state index is 14.6. The van der Waals surface area contributed by atoms with Crippen molar-refractivity contribution in [1.82, 2.24) is 14.9 Å². The van der Waals surface area contributed by atoms with Gasteiger partial charge in [0.2, 0.25) is 0 Å². The van der Waals surface area contributed by atoms with E-state index in [1.54, 1.807) is 22.9 Å². The highest BCUT2D eigenvalue weighted by molar-refractivity contribution is 8.00. The van der Waals surface area contributed by atoms with Gasteiger partial charge in [0.25, 0.3) is 0 Å². The molecule has 0 unspecified atom stereocenters. The molecule has 2 aromatic heterocycles. The Morgan fingerprint density at radius 2 is 1.97 bits per heavy atom. The second-order valence-electron chi connectivity index (χ2n) is 8.12. The van der Waals surface area contributed by atoms with Crippen LogP contribution in [0.1, 0.15) is 37.6 Å². The molecular formula is C22H28FN5S2. The smallest absolute Gasteiger partial charge is 0.147 e. The molecule has 0 atom stereocenters. The van der Waals surface area contributed by atoms with Gasteiger partial charge in [-0.3, -0.25) is 4.90 Å². The fourth-order valence-electron chi connectivity index (χ4n) is 2.75. The quantitative estimate of drug-likeness (QED) is 0.418. The highest BCUT2D eigenvalue weighted by Crippen LogP contribution is 2.25. The Morgan fingerprint density at radius 3 is 2.63 bits per heavy atom. The van der Waals surface area contributed by atoms with Crippen LogP contribution in [0.4, 0.5) is 16.0 Å². The molecule has 5 nitrogen and oxygen atoms in total. The van der Waals surface area contributed by atoms with E-state index in [9.17, 15) is 4.39 Å². The van der Waals surface area contributed by atoms with E-state index in [-0.39, 0.29) is 11.4 Å². The number of benzene rings is 1. The van der Waals surface area contributed by atoms with Crippen LogP contribution in [0, 0.1) is 12.7 Å². The van der Waals surface area contributed by atoms with Crippen LogP contribution >= 0.6 is 23.3 Å². The number of pyridine rings is 1. The zero-order valence-corrected chi connectivity index (χ0v) is 19.6. The molecule has 2 N–H and O–H groups in total. The fraction of sp³-hybridized carbons (Fsp3) is 0.364. The minimum absolute atomic E-state index is 0.00968. The van der Waals surface area contributed by atoms with Gasteiger partial charge < -0.3 is 10.0 Å². The van der Waals surface area contributed by atoms with Gasteiger partial charge >= 0.3 is 0 Å². The van der Waals surface area contributed by atoms with E-state index in [0.717, 1.165) is 27.8 Å². The molecule has 160 valence electrons. The lowest BCUT2D eigenvalue weighted by molar-refractivity contribution is 0.167. The fourth-order valence-corrected chi connectivity index (χ4v) is 3.96.